The van der Waals surface area contributed by atoms with Crippen LogP contribution in [0.2, 0.25) is 0 Å². The lowest BCUT2D eigenvalue weighted by Crippen LogP contribution is -2.07. The van der Waals surface area contributed by atoms with Crippen LogP contribution in [0.25, 0.3) is 73.6 Å². The van der Waals surface area contributed by atoms with Gasteiger partial charge in [0.25, 0.3) is 0 Å². The summed E-state index contributed by atoms with van der Waals surface area (Å²) in [4.78, 5) is 2.33. The molecule has 0 N–H and O–H groups in total. The van der Waals surface area contributed by atoms with E-state index in [1.165, 1.54) is 82.5 Å². The summed E-state index contributed by atoms with van der Waals surface area (Å²) < 4.78 is 134. The van der Waals surface area contributed by atoms with Crippen molar-refractivity contribution < 1.29 is 35.8 Å². The Morgan fingerprint density at radius 1 is 0.364 bits per heavy atom. The Labute approximate surface area is 544 Å². The van der Waals surface area contributed by atoms with Crippen molar-refractivity contribution in [3.63, 3.8) is 0 Å². The third-order valence-electron chi connectivity index (χ3n) is 17.5. The molecule has 2 aromatic carbocycles. The molecule has 18 heteroatoms. The molecule has 0 saturated carbocycles. The first kappa shape index (κ1) is 69.9. The van der Waals surface area contributed by atoms with Gasteiger partial charge in [-0.05, 0) is 74.6 Å². The van der Waals surface area contributed by atoms with E-state index < -0.39 is 34.9 Å². The highest BCUT2D eigenvalue weighted by atomic mass is 32.1. The van der Waals surface area contributed by atoms with E-state index >= 15 is 26.3 Å². The Morgan fingerprint density at radius 2 is 0.739 bits per heavy atom. The first-order chi connectivity index (χ1) is 42.8. The molecule has 0 fully saturated rings. The molecule has 0 aliphatic rings. The monoisotopic (exact) mass is 1330 g/mol. The number of fused-ring (bicyclic) bond motifs is 2. The van der Waals surface area contributed by atoms with Crippen molar-refractivity contribution in [1.82, 2.24) is 17.5 Å². The van der Waals surface area contributed by atoms with Crippen LogP contribution in [0.4, 0.5) is 26.3 Å². The van der Waals surface area contributed by atoms with E-state index in [2.05, 4.69) is 54.7 Å². The average Bonchev–Trinajstić information content (AvgIpc) is 1.60. The summed E-state index contributed by atoms with van der Waals surface area (Å²) in [6.07, 6.45) is 31.2. The van der Waals surface area contributed by atoms with E-state index in [4.69, 9.17) is 13.8 Å². The largest absolute Gasteiger partial charge is 0.489 e. The van der Waals surface area contributed by atoms with Gasteiger partial charge in [0.15, 0.2) is 46.4 Å². The summed E-state index contributed by atoms with van der Waals surface area (Å²) in [6.45, 7) is 17.0. The third-order valence-corrected chi connectivity index (χ3v) is 23.3. The van der Waals surface area contributed by atoms with Gasteiger partial charge in [-0.3, -0.25) is 0 Å². The molecule has 0 spiro atoms. The summed E-state index contributed by atoms with van der Waals surface area (Å²) >= 11 is 6.07. The van der Waals surface area contributed by atoms with Gasteiger partial charge in [0.05, 0.1) is 78.4 Å². The highest BCUT2D eigenvalue weighted by Crippen LogP contribution is 2.57. The Morgan fingerprint density at radius 3 is 1.17 bits per heavy atom. The van der Waals surface area contributed by atoms with Gasteiger partial charge in [-0.1, -0.05) is 208 Å². The Hall–Kier alpha value is -3.94. The summed E-state index contributed by atoms with van der Waals surface area (Å²) in [6, 6.07) is 3.80. The molecule has 88 heavy (non-hydrogen) atoms. The molecule has 0 radical (unpaired) electrons. The predicted octanol–water partition coefficient (Wildman–Crippen LogP) is 25.8. The van der Waals surface area contributed by atoms with Gasteiger partial charge < -0.3 is 9.47 Å². The number of thiophene rings is 4. The Kier molecular flexibility index (Phi) is 28.0. The molecule has 0 aliphatic heterocycles. The number of nitrogens with zero attached hydrogens (tertiary/aromatic N) is 4. The van der Waals surface area contributed by atoms with Crippen molar-refractivity contribution in [2.75, 3.05) is 13.2 Å². The molecule has 2 unspecified atom stereocenters. The maximum Gasteiger partial charge on any atom is 0.178 e. The van der Waals surface area contributed by atoms with Crippen LogP contribution in [0.5, 0.6) is 11.5 Å². The number of ether oxygens (including phenoxy) is 2. The molecule has 0 aliphatic carbocycles. The van der Waals surface area contributed by atoms with Crippen molar-refractivity contribution in [3.8, 4) is 63.0 Å². The molecule has 8 rings (SSSR count). The first-order valence-electron chi connectivity index (χ1n) is 33.2. The second-order valence-corrected chi connectivity index (χ2v) is 29.8. The van der Waals surface area contributed by atoms with Gasteiger partial charge in [0.2, 0.25) is 0 Å². The lowest BCUT2D eigenvalue weighted by atomic mass is 9.91. The van der Waals surface area contributed by atoms with Crippen LogP contribution in [0, 0.1) is 60.6 Å². The van der Waals surface area contributed by atoms with E-state index in [-0.39, 0.29) is 94.5 Å². The summed E-state index contributed by atoms with van der Waals surface area (Å²) in [7, 11) is 0. The van der Waals surface area contributed by atoms with Gasteiger partial charge in [0.1, 0.15) is 22.1 Å². The van der Waals surface area contributed by atoms with E-state index in [1.807, 2.05) is 19.1 Å². The number of halogens is 6. The quantitative estimate of drug-likeness (QED) is 0.0281. The van der Waals surface area contributed by atoms with E-state index in [9.17, 15) is 0 Å². The molecule has 6 heterocycles. The van der Waals surface area contributed by atoms with Gasteiger partial charge in [0, 0.05) is 19.5 Å². The van der Waals surface area contributed by atoms with Gasteiger partial charge >= 0.3 is 0 Å². The summed E-state index contributed by atoms with van der Waals surface area (Å²) in [5, 5.41) is 0. The molecule has 482 valence electrons. The fourth-order valence-corrected chi connectivity index (χ4v) is 17.8. The van der Waals surface area contributed by atoms with E-state index in [0.29, 0.717) is 45.4 Å². The van der Waals surface area contributed by atoms with Crippen molar-refractivity contribution >= 4 is 90.9 Å². The molecule has 2 atom stereocenters. The number of rotatable bonds is 41. The Balaban J connectivity index is 1.23. The number of unbranched alkanes of at least 4 members (excludes halogenated alkanes) is 20. The van der Waals surface area contributed by atoms with Crippen LogP contribution in [0.15, 0.2) is 12.1 Å². The van der Waals surface area contributed by atoms with Crippen LogP contribution in [0.1, 0.15) is 242 Å². The fraction of sp³-hybridized carbons (Fsp3) is 0.600. The van der Waals surface area contributed by atoms with Crippen LogP contribution in [-0.4, -0.2) is 30.7 Å². The lowest BCUT2D eigenvalue weighted by molar-refractivity contribution is 0.260. The van der Waals surface area contributed by atoms with Crippen LogP contribution in [0.3, 0.4) is 0 Å². The van der Waals surface area contributed by atoms with E-state index in [0.717, 1.165) is 177 Å². The number of hydrogen-bond donors (Lipinski definition) is 0. The minimum Gasteiger partial charge on any atom is -0.489 e. The first-order valence-corrected chi connectivity index (χ1v) is 37.9. The minimum atomic E-state index is -1.15. The van der Waals surface area contributed by atoms with Gasteiger partial charge in [-0.2, -0.15) is 17.5 Å². The molecule has 0 saturated heterocycles. The van der Waals surface area contributed by atoms with Crippen LogP contribution in [-0.2, 0) is 12.8 Å². The second kappa shape index (κ2) is 35.2. The molecular weight excluding hydrogens is 1240 g/mol. The molecule has 6 nitrogen and oxygen atoms in total. The van der Waals surface area contributed by atoms with Crippen molar-refractivity contribution in [2.24, 2.45) is 11.8 Å². The highest BCUT2D eigenvalue weighted by Gasteiger charge is 2.36. The van der Waals surface area contributed by atoms with Gasteiger partial charge in [-0.25, -0.2) is 26.3 Å². The number of hydrogen-bond acceptors (Lipinski definition) is 12. The fourth-order valence-electron chi connectivity index (χ4n) is 12.2. The smallest absolute Gasteiger partial charge is 0.178 e. The normalized spacial score (nSPS) is 12.7. The molecule has 0 amide bonds. The third kappa shape index (κ3) is 17.0. The van der Waals surface area contributed by atoms with Gasteiger partial charge in [-0.15, -0.1) is 45.3 Å². The second-order valence-electron chi connectivity index (χ2n) is 24.2. The lowest BCUT2D eigenvalue weighted by Gasteiger charge is -2.20. The maximum absolute atomic E-state index is 17.8. The predicted molar refractivity (Wildman–Crippen MR) is 365 cm³/mol. The Bertz CT molecular complexity index is 3470. The van der Waals surface area contributed by atoms with E-state index in [1.54, 1.807) is 0 Å². The number of aryl methyl sites for hydroxylation is 2. The summed E-state index contributed by atoms with van der Waals surface area (Å²) in [5.74, 6) is -5.60. The maximum atomic E-state index is 17.8. The zero-order chi connectivity index (χ0) is 62.7. The standard InChI is InChI=1S/C70H92F6N4O2S6/c1-9-15-19-21-23-25-27-29-31-33-37-81-65-53(68-58(74)55(71)44(8)84-68)63-64(80-88-79-63)54(66(65)82-38-34-32-30-28-26-24-22-20-16-10-2)69-59(75)60(76)70(86-69)67-48(40-46(14-6)36-18-12-4)42-50(85-67)52-57(73)56(72)51(61-62(52)78-87-77-61)49-41-47(43(7)83-49)39-45(13-5)35-17-11-3/h41-42,45-46H,9-40H2,1-8H3. The van der Waals surface area contributed by atoms with Crippen LogP contribution < -0.4 is 9.47 Å². The molecule has 6 aromatic heterocycles. The zero-order valence-corrected chi connectivity index (χ0v) is 58.2. The number of aromatic nitrogens is 4. The topological polar surface area (TPSA) is 70.0 Å². The zero-order valence-electron chi connectivity index (χ0n) is 53.3. The minimum absolute atomic E-state index is 0.0176. The highest BCUT2D eigenvalue weighted by molar-refractivity contribution is 7.25. The van der Waals surface area contributed by atoms with Crippen molar-refractivity contribution in [1.29, 1.82) is 0 Å². The average molecular weight is 1330 g/mol. The molecule has 8 aromatic rings. The molecule has 0 bridgehead atoms. The van der Waals surface area contributed by atoms with Crippen molar-refractivity contribution in [2.45, 2.75) is 248 Å². The summed E-state index contributed by atoms with van der Waals surface area (Å²) in [5.41, 5.74) is 2.88. The molecular formula is C70H92F6N4O2S6. The SMILES string of the molecule is CCCCCCCCCCCCOc1c(OCCCCCCCCCCCC)c(-c2sc(-c3sc(-c4c(F)c(F)c(-c5cc(CC(CC)CCCC)c(C)s5)c5nsnc45)cc3CC(CC)CCCC)c(F)c2F)c2nsnc2c1-c1sc(C)c(F)c1F. The number of benzene rings is 2. The van der Waals surface area contributed by atoms with Crippen molar-refractivity contribution in [3.05, 3.63) is 67.9 Å². The van der Waals surface area contributed by atoms with Crippen LogP contribution >= 0.6 is 68.8 Å².